The van der Waals surface area contributed by atoms with Gasteiger partial charge in [-0.25, -0.2) is 9.37 Å². The molecule has 0 aliphatic heterocycles. The van der Waals surface area contributed by atoms with Crippen molar-refractivity contribution < 1.29 is 4.39 Å². The number of nitrogen functional groups attached to an aromatic ring is 1. The van der Waals surface area contributed by atoms with Crippen molar-refractivity contribution >= 4 is 28.3 Å². The summed E-state index contributed by atoms with van der Waals surface area (Å²) < 4.78 is 15.2. The number of rotatable bonds is 1. The lowest BCUT2D eigenvalue weighted by Crippen LogP contribution is -1.93. The first-order chi connectivity index (χ1) is 8.65. The predicted octanol–water partition coefficient (Wildman–Crippen LogP) is 3.40. The molecular weight excluding hydrogens is 253 g/mol. The Morgan fingerprint density at radius 3 is 2.78 bits per heavy atom. The molecule has 1 heterocycles. The molecule has 0 unspecified atom stereocenters. The summed E-state index contributed by atoms with van der Waals surface area (Å²) in [4.78, 5) is 4.24. The largest absolute Gasteiger partial charge is 0.399 e. The minimum absolute atomic E-state index is 0.104. The monoisotopic (exact) mass is 261 g/mol. The van der Waals surface area contributed by atoms with Gasteiger partial charge in [0.1, 0.15) is 12.1 Å². The van der Waals surface area contributed by atoms with Crippen LogP contribution in [0, 0.1) is 5.82 Å². The third-order valence-electron chi connectivity index (χ3n) is 2.75. The third-order valence-corrected chi connectivity index (χ3v) is 3.06. The molecule has 5 heteroatoms. The lowest BCUT2D eigenvalue weighted by molar-refractivity contribution is 0.627. The summed E-state index contributed by atoms with van der Waals surface area (Å²) >= 11 is 5.66. The van der Waals surface area contributed by atoms with Crippen LogP contribution in [0.1, 0.15) is 0 Å². The Balaban J connectivity index is 2.22. The maximum absolute atomic E-state index is 13.4. The summed E-state index contributed by atoms with van der Waals surface area (Å²) in [7, 11) is 0. The molecule has 3 nitrogen and oxygen atoms in total. The molecule has 0 saturated carbocycles. The fourth-order valence-electron chi connectivity index (χ4n) is 1.87. The molecule has 0 aliphatic carbocycles. The average molecular weight is 262 g/mol. The maximum atomic E-state index is 13.4. The van der Waals surface area contributed by atoms with Crippen molar-refractivity contribution in [2.75, 3.05) is 5.73 Å². The molecule has 0 spiro atoms. The van der Waals surface area contributed by atoms with Gasteiger partial charge in [-0.3, -0.25) is 4.57 Å². The van der Waals surface area contributed by atoms with E-state index in [0.29, 0.717) is 11.4 Å². The summed E-state index contributed by atoms with van der Waals surface area (Å²) in [5, 5.41) is 0.104. The van der Waals surface area contributed by atoms with Crippen molar-refractivity contribution in [1.29, 1.82) is 0 Å². The molecular formula is C13H9ClFN3. The van der Waals surface area contributed by atoms with Crippen LogP contribution in [0.5, 0.6) is 0 Å². The van der Waals surface area contributed by atoms with E-state index in [9.17, 15) is 4.39 Å². The van der Waals surface area contributed by atoms with Gasteiger partial charge in [0.25, 0.3) is 0 Å². The van der Waals surface area contributed by atoms with Gasteiger partial charge in [0.15, 0.2) is 0 Å². The van der Waals surface area contributed by atoms with E-state index in [1.54, 1.807) is 29.1 Å². The molecule has 1 aromatic heterocycles. The molecule has 3 rings (SSSR count). The second-order valence-electron chi connectivity index (χ2n) is 3.96. The number of anilines is 1. The third kappa shape index (κ3) is 1.71. The molecule has 0 saturated heterocycles. The number of benzene rings is 2. The Morgan fingerprint density at radius 2 is 2.00 bits per heavy atom. The first-order valence-electron chi connectivity index (χ1n) is 5.33. The predicted molar refractivity (Wildman–Crippen MR) is 70.5 cm³/mol. The van der Waals surface area contributed by atoms with E-state index < -0.39 is 5.82 Å². The summed E-state index contributed by atoms with van der Waals surface area (Å²) in [5.41, 5.74) is 8.64. The Bertz CT molecular complexity index is 736. The van der Waals surface area contributed by atoms with E-state index in [4.69, 9.17) is 17.3 Å². The summed E-state index contributed by atoms with van der Waals surface area (Å²) in [6.07, 6.45) is 1.63. The van der Waals surface area contributed by atoms with E-state index in [1.165, 1.54) is 12.1 Å². The van der Waals surface area contributed by atoms with Crippen molar-refractivity contribution in [2.45, 2.75) is 0 Å². The van der Waals surface area contributed by atoms with Crippen LogP contribution in [0.25, 0.3) is 16.7 Å². The van der Waals surface area contributed by atoms with Crippen molar-refractivity contribution in [2.24, 2.45) is 0 Å². The highest BCUT2D eigenvalue weighted by Gasteiger charge is 2.07. The summed E-state index contributed by atoms with van der Waals surface area (Å²) in [6, 6.07) is 10.0. The fourth-order valence-corrected chi connectivity index (χ4v) is 1.99. The van der Waals surface area contributed by atoms with Crippen LogP contribution in [0.3, 0.4) is 0 Å². The minimum atomic E-state index is -0.452. The number of nitrogens with zero attached hydrogens (tertiary/aromatic N) is 2. The highest BCUT2D eigenvalue weighted by molar-refractivity contribution is 6.30. The minimum Gasteiger partial charge on any atom is -0.399 e. The van der Waals surface area contributed by atoms with Crippen LogP contribution in [-0.4, -0.2) is 9.55 Å². The lowest BCUT2D eigenvalue weighted by atomic mass is 10.2. The number of halogens is 2. The maximum Gasteiger partial charge on any atom is 0.143 e. The fraction of sp³-hybridized carbons (Fsp3) is 0. The van der Waals surface area contributed by atoms with Crippen molar-refractivity contribution in [3.05, 3.63) is 53.6 Å². The summed E-state index contributed by atoms with van der Waals surface area (Å²) in [5.74, 6) is -0.452. The normalized spacial score (nSPS) is 11.0. The van der Waals surface area contributed by atoms with Gasteiger partial charge in [-0.15, -0.1) is 0 Å². The standard InChI is InChI=1S/C13H9ClFN3/c14-10-3-2-9(6-11(10)15)18-7-17-12-5-8(16)1-4-13(12)18/h1-7H,16H2. The lowest BCUT2D eigenvalue weighted by Gasteiger charge is -2.05. The highest BCUT2D eigenvalue weighted by atomic mass is 35.5. The van der Waals surface area contributed by atoms with Gasteiger partial charge in [0.2, 0.25) is 0 Å². The number of nitrogens with two attached hydrogens (primary N) is 1. The zero-order valence-electron chi connectivity index (χ0n) is 9.27. The Morgan fingerprint density at radius 1 is 1.17 bits per heavy atom. The molecule has 0 aliphatic rings. The number of imidazole rings is 1. The van der Waals surface area contributed by atoms with Gasteiger partial charge < -0.3 is 5.73 Å². The van der Waals surface area contributed by atoms with E-state index in [-0.39, 0.29) is 5.02 Å². The molecule has 0 radical (unpaired) electrons. The van der Waals surface area contributed by atoms with E-state index in [1.807, 2.05) is 6.07 Å². The van der Waals surface area contributed by atoms with Gasteiger partial charge in [0.05, 0.1) is 21.7 Å². The molecule has 0 bridgehead atoms. The van der Waals surface area contributed by atoms with Gasteiger partial charge in [-0.05, 0) is 36.4 Å². The van der Waals surface area contributed by atoms with Gasteiger partial charge in [-0.1, -0.05) is 11.6 Å². The second-order valence-corrected chi connectivity index (χ2v) is 4.37. The molecule has 3 aromatic rings. The number of hydrogen-bond acceptors (Lipinski definition) is 2. The Kier molecular flexibility index (Phi) is 2.45. The zero-order chi connectivity index (χ0) is 12.7. The number of aromatic nitrogens is 2. The smallest absolute Gasteiger partial charge is 0.143 e. The summed E-state index contributed by atoms with van der Waals surface area (Å²) in [6.45, 7) is 0. The van der Waals surface area contributed by atoms with Crippen molar-refractivity contribution in [3.63, 3.8) is 0 Å². The first kappa shape index (κ1) is 11.0. The van der Waals surface area contributed by atoms with Crippen LogP contribution >= 0.6 is 11.6 Å². The number of fused-ring (bicyclic) bond motifs is 1. The molecule has 0 fully saturated rings. The van der Waals surface area contributed by atoms with Crippen molar-refractivity contribution in [3.8, 4) is 5.69 Å². The Hall–Kier alpha value is -2.07. The molecule has 0 amide bonds. The van der Waals surface area contributed by atoms with Gasteiger partial charge in [0, 0.05) is 5.69 Å². The van der Waals surface area contributed by atoms with Crippen LogP contribution in [0.15, 0.2) is 42.7 Å². The zero-order valence-corrected chi connectivity index (χ0v) is 10.0. The number of hydrogen-bond donors (Lipinski definition) is 1. The van der Waals surface area contributed by atoms with E-state index >= 15 is 0 Å². The first-order valence-corrected chi connectivity index (χ1v) is 5.71. The van der Waals surface area contributed by atoms with Crippen molar-refractivity contribution in [1.82, 2.24) is 9.55 Å². The molecule has 90 valence electrons. The molecule has 18 heavy (non-hydrogen) atoms. The van der Waals surface area contributed by atoms with Crippen LogP contribution < -0.4 is 5.73 Å². The Labute approximate surface area is 108 Å². The molecule has 2 N–H and O–H groups in total. The second kappa shape index (κ2) is 3.99. The van der Waals surface area contributed by atoms with Crippen LogP contribution in [0.4, 0.5) is 10.1 Å². The van der Waals surface area contributed by atoms with Crippen LogP contribution in [0.2, 0.25) is 5.02 Å². The van der Waals surface area contributed by atoms with E-state index in [0.717, 1.165) is 11.0 Å². The highest BCUT2D eigenvalue weighted by Crippen LogP contribution is 2.23. The van der Waals surface area contributed by atoms with Gasteiger partial charge in [-0.2, -0.15) is 0 Å². The molecule has 2 aromatic carbocycles. The van der Waals surface area contributed by atoms with Crippen LogP contribution in [-0.2, 0) is 0 Å². The van der Waals surface area contributed by atoms with Gasteiger partial charge >= 0.3 is 0 Å². The average Bonchev–Trinajstić information content (AvgIpc) is 2.75. The topological polar surface area (TPSA) is 43.8 Å². The SMILES string of the molecule is Nc1ccc2c(c1)ncn2-c1ccc(Cl)c(F)c1. The molecule has 0 atom stereocenters. The van der Waals surface area contributed by atoms with E-state index in [2.05, 4.69) is 4.98 Å². The quantitative estimate of drug-likeness (QED) is 0.682.